The number of likely N-dealkylation sites (tertiary alicyclic amines) is 1. The Morgan fingerprint density at radius 3 is 2.60 bits per heavy atom. The summed E-state index contributed by atoms with van der Waals surface area (Å²) < 4.78 is 0. The minimum Gasteiger partial charge on any atom is -0.390 e. The topological polar surface area (TPSA) is 50.6 Å². The standard InChI is InChI=1S/C20H24N4O/c1-3-4-19-21-9-15(10-22-19)11-24-12-17-18(13-24)25-23-20(17)16-7-5-14(2)6-8-16/h5-10,17-18H,3-4,11-13H2,1-2H3/t17-,18+/m1/s1. The molecule has 0 saturated carbocycles. The summed E-state index contributed by atoms with van der Waals surface area (Å²) in [5.74, 6) is 1.28. The highest BCUT2D eigenvalue weighted by Gasteiger charge is 2.42. The fraction of sp³-hybridized carbons (Fsp3) is 0.450. The van der Waals surface area contributed by atoms with Crippen molar-refractivity contribution < 1.29 is 4.84 Å². The summed E-state index contributed by atoms with van der Waals surface area (Å²) in [4.78, 5) is 17.0. The van der Waals surface area contributed by atoms with Crippen LogP contribution in [0.5, 0.6) is 0 Å². The first-order chi connectivity index (χ1) is 12.2. The predicted octanol–water partition coefficient (Wildman–Crippen LogP) is 2.97. The first-order valence-corrected chi connectivity index (χ1v) is 9.06. The van der Waals surface area contributed by atoms with Crippen LogP contribution in [0.15, 0.2) is 41.8 Å². The van der Waals surface area contributed by atoms with E-state index in [2.05, 4.69) is 58.1 Å². The summed E-state index contributed by atoms with van der Waals surface area (Å²) in [5.41, 5.74) is 4.68. The van der Waals surface area contributed by atoms with Gasteiger partial charge < -0.3 is 4.84 Å². The Labute approximate surface area is 148 Å². The normalized spacial score (nSPS) is 22.6. The molecular weight excluding hydrogens is 312 g/mol. The van der Waals surface area contributed by atoms with Crippen LogP contribution in [0.4, 0.5) is 0 Å². The van der Waals surface area contributed by atoms with Crippen LogP contribution in [-0.4, -0.2) is 39.8 Å². The third-order valence-corrected chi connectivity index (χ3v) is 4.97. The number of rotatable bonds is 5. The van der Waals surface area contributed by atoms with E-state index in [-0.39, 0.29) is 6.10 Å². The lowest BCUT2D eigenvalue weighted by molar-refractivity contribution is 0.0745. The minimum absolute atomic E-state index is 0.164. The lowest BCUT2D eigenvalue weighted by Crippen LogP contribution is -2.23. The van der Waals surface area contributed by atoms with Crippen molar-refractivity contribution >= 4 is 5.71 Å². The van der Waals surface area contributed by atoms with E-state index < -0.39 is 0 Å². The van der Waals surface area contributed by atoms with Gasteiger partial charge in [0.1, 0.15) is 11.9 Å². The number of nitrogens with zero attached hydrogens (tertiary/aromatic N) is 4. The van der Waals surface area contributed by atoms with Gasteiger partial charge in [0, 0.05) is 44.0 Å². The zero-order valence-corrected chi connectivity index (χ0v) is 14.9. The quantitative estimate of drug-likeness (QED) is 0.842. The van der Waals surface area contributed by atoms with Gasteiger partial charge in [0.15, 0.2) is 0 Å². The number of aromatic nitrogens is 2. The molecule has 2 atom stereocenters. The zero-order chi connectivity index (χ0) is 17.2. The van der Waals surface area contributed by atoms with Gasteiger partial charge in [0.05, 0.1) is 11.6 Å². The highest BCUT2D eigenvalue weighted by Crippen LogP contribution is 2.30. The van der Waals surface area contributed by atoms with E-state index >= 15 is 0 Å². The second-order valence-corrected chi connectivity index (χ2v) is 7.04. The average molecular weight is 336 g/mol. The molecule has 3 heterocycles. The molecule has 0 radical (unpaired) electrons. The molecule has 130 valence electrons. The maximum absolute atomic E-state index is 5.71. The number of fused-ring (bicyclic) bond motifs is 1. The molecule has 0 aliphatic carbocycles. The SMILES string of the molecule is CCCc1ncc(CN2C[C@@H]3ON=C(c4ccc(C)cc4)[C@@H]3C2)cn1. The molecule has 2 aromatic rings. The molecule has 0 bridgehead atoms. The molecule has 25 heavy (non-hydrogen) atoms. The lowest BCUT2D eigenvalue weighted by atomic mass is 9.94. The van der Waals surface area contributed by atoms with E-state index in [0.717, 1.165) is 49.6 Å². The summed E-state index contributed by atoms with van der Waals surface area (Å²) in [6.45, 7) is 6.98. The van der Waals surface area contributed by atoms with Gasteiger partial charge in [-0.25, -0.2) is 9.97 Å². The number of benzene rings is 1. The van der Waals surface area contributed by atoms with Crippen molar-refractivity contribution in [1.29, 1.82) is 0 Å². The van der Waals surface area contributed by atoms with Crippen molar-refractivity contribution in [2.45, 2.75) is 39.3 Å². The summed E-state index contributed by atoms with van der Waals surface area (Å²) in [5, 5.41) is 4.36. The lowest BCUT2D eigenvalue weighted by Gasteiger charge is -2.16. The largest absolute Gasteiger partial charge is 0.390 e. The summed E-state index contributed by atoms with van der Waals surface area (Å²) in [7, 11) is 0. The van der Waals surface area contributed by atoms with Gasteiger partial charge in [-0.05, 0) is 18.9 Å². The number of aryl methyl sites for hydroxylation is 2. The Morgan fingerprint density at radius 1 is 1.12 bits per heavy atom. The van der Waals surface area contributed by atoms with Crippen molar-refractivity contribution in [2.75, 3.05) is 13.1 Å². The van der Waals surface area contributed by atoms with Gasteiger partial charge in [0.25, 0.3) is 0 Å². The third-order valence-electron chi connectivity index (χ3n) is 4.97. The van der Waals surface area contributed by atoms with Crippen molar-refractivity contribution in [1.82, 2.24) is 14.9 Å². The van der Waals surface area contributed by atoms with Crippen molar-refractivity contribution in [3.8, 4) is 0 Å². The van der Waals surface area contributed by atoms with Crippen molar-refractivity contribution in [3.63, 3.8) is 0 Å². The molecule has 0 amide bonds. The van der Waals surface area contributed by atoms with E-state index in [9.17, 15) is 0 Å². The van der Waals surface area contributed by atoms with E-state index in [0.29, 0.717) is 5.92 Å². The Balaban J connectivity index is 1.41. The predicted molar refractivity (Wildman–Crippen MR) is 97.4 cm³/mol. The van der Waals surface area contributed by atoms with Gasteiger partial charge in [-0.1, -0.05) is 41.9 Å². The molecule has 0 spiro atoms. The van der Waals surface area contributed by atoms with Crippen LogP contribution >= 0.6 is 0 Å². The monoisotopic (exact) mass is 336 g/mol. The Bertz CT molecular complexity index is 754. The highest BCUT2D eigenvalue weighted by molar-refractivity contribution is 6.03. The molecular formula is C20H24N4O. The Hall–Kier alpha value is -2.27. The van der Waals surface area contributed by atoms with Crippen LogP contribution in [0.3, 0.4) is 0 Å². The molecule has 1 aromatic heterocycles. The molecule has 0 N–H and O–H groups in total. The first-order valence-electron chi connectivity index (χ1n) is 9.06. The van der Waals surface area contributed by atoms with E-state index in [1.54, 1.807) is 0 Å². The van der Waals surface area contributed by atoms with Crippen LogP contribution in [0.25, 0.3) is 0 Å². The second-order valence-electron chi connectivity index (χ2n) is 7.04. The van der Waals surface area contributed by atoms with Crippen LogP contribution in [-0.2, 0) is 17.8 Å². The molecule has 0 unspecified atom stereocenters. The zero-order valence-electron chi connectivity index (χ0n) is 14.9. The van der Waals surface area contributed by atoms with Gasteiger partial charge >= 0.3 is 0 Å². The smallest absolute Gasteiger partial charge is 0.149 e. The Kier molecular flexibility index (Phi) is 4.49. The Morgan fingerprint density at radius 2 is 1.88 bits per heavy atom. The van der Waals surface area contributed by atoms with Crippen molar-refractivity contribution in [2.24, 2.45) is 11.1 Å². The van der Waals surface area contributed by atoms with Gasteiger partial charge in [0.2, 0.25) is 0 Å². The minimum atomic E-state index is 0.164. The summed E-state index contributed by atoms with van der Waals surface area (Å²) in [6.07, 6.45) is 6.10. The van der Waals surface area contributed by atoms with Crippen molar-refractivity contribution in [3.05, 3.63) is 59.2 Å². The summed E-state index contributed by atoms with van der Waals surface area (Å²) >= 11 is 0. The number of hydrogen-bond donors (Lipinski definition) is 0. The maximum Gasteiger partial charge on any atom is 0.149 e. The van der Waals surface area contributed by atoms with Gasteiger partial charge in [-0.3, -0.25) is 4.90 Å². The fourth-order valence-corrected chi connectivity index (χ4v) is 3.61. The molecule has 1 fully saturated rings. The van der Waals surface area contributed by atoms with E-state index in [4.69, 9.17) is 4.84 Å². The molecule has 2 aliphatic rings. The van der Waals surface area contributed by atoms with Crippen LogP contribution in [0.1, 0.15) is 35.9 Å². The number of hydrogen-bond acceptors (Lipinski definition) is 5. The van der Waals surface area contributed by atoms with Gasteiger partial charge in [-0.2, -0.15) is 0 Å². The second kappa shape index (κ2) is 6.92. The highest BCUT2D eigenvalue weighted by atomic mass is 16.6. The van der Waals surface area contributed by atoms with Crippen LogP contribution in [0, 0.1) is 12.8 Å². The van der Waals surface area contributed by atoms with Crippen LogP contribution < -0.4 is 0 Å². The molecule has 1 aromatic carbocycles. The maximum atomic E-state index is 5.71. The van der Waals surface area contributed by atoms with Gasteiger partial charge in [-0.15, -0.1) is 0 Å². The molecule has 2 aliphatic heterocycles. The van der Waals surface area contributed by atoms with E-state index in [1.807, 2.05) is 12.4 Å². The fourth-order valence-electron chi connectivity index (χ4n) is 3.61. The summed E-state index contributed by atoms with van der Waals surface area (Å²) in [6, 6.07) is 8.55. The molecule has 1 saturated heterocycles. The molecule has 4 rings (SSSR count). The average Bonchev–Trinajstić information content (AvgIpc) is 3.18. The van der Waals surface area contributed by atoms with Crippen LogP contribution in [0.2, 0.25) is 0 Å². The van der Waals surface area contributed by atoms with E-state index in [1.165, 1.54) is 11.1 Å². The molecule has 5 heteroatoms. The third kappa shape index (κ3) is 3.42. The number of oxime groups is 1. The molecule has 5 nitrogen and oxygen atoms in total. The first kappa shape index (κ1) is 16.2.